The topological polar surface area (TPSA) is 40.7 Å². The van der Waals surface area contributed by atoms with Crippen LogP contribution in [0.1, 0.15) is 5.56 Å². The van der Waals surface area contributed by atoms with E-state index >= 15 is 0 Å². The van der Waals surface area contributed by atoms with Gasteiger partial charge in [0.25, 0.3) is 0 Å². The van der Waals surface area contributed by atoms with Crippen molar-refractivity contribution in [3.8, 4) is 11.3 Å². The van der Waals surface area contributed by atoms with Gasteiger partial charge in [-0.1, -0.05) is 30.3 Å². The molecule has 3 aromatic rings. The molecule has 5 heteroatoms. The fourth-order valence-corrected chi connectivity index (χ4v) is 2.51. The summed E-state index contributed by atoms with van der Waals surface area (Å²) in [6, 6.07) is 14.6. The van der Waals surface area contributed by atoms with Crippen LogP contribution in [0.2, 0.25) is 0 Å². The lowest BCUT2D eigenvalue weighted by Crippen LogP contribution is -2.01. The molecule has 21 heavy (non-hydrogen) atoms. The predicted molar refractivity (Wildman–Crippen MR) is 85.5 cm³/mol. The maximum absolute atomic E-state index is 13.3. The Morgan fingerprint density at radius 3 is 2.76 bits per heavy atom. The lowest BCUT2D eigenvalue weighted by atomic mass is 10.1. The van der Waals surface area contributed by atoms with Crippen LogP contribution >= 0.6 is 15.9 Å². The summed E-state index contributed by atoms with van der Waals surface area (Å²) in [5, 5.41) is 10.3. The van der Waals surface area contributed by atoms with Gasteiger partial charge in [0.2, 0.25) is 0 Å². The molecule has 2 N–H and O–H groups in total. The van der Waals surface area contributed by atoms with Gasteiger partial charge >= 0.3 is 0 Å². The molecule has 0 aliphatic carbocycles. The van der Waals surface area contributed by atoms with Crippen molar-refractivity contribution >= 4 is 21.6 Å². The molecular formula is C16H13BrFN3. The van der Waals surface area contributed by atoms with Crippen LogP contribution in [0.3, 0.4) is 0 Å². The first-order valence-corrected chi connectivity index (χ1v) is 7.30. The summed E-state index contributed by atoms with van der Waals surface area (Å²) in [5.74, 6) is -0.267. The van der Waals surface area contributed by atoms with E-state index in [9.17, 15) is 4.39 Å². The number of aromatic amines is 1. The molecule has 0 spiro atoms. The maximum atomic E-state index is 13.3. The highest BCUT2D eigenvalue weighted by Gasteiger charge is 2.08. The summed E-state index contributed by atoms with van der Waals surface area (Å²) < 4.78 is 14.1. The summed E-state index contributed by atoms with van der Waals surface area (Å²) in [5.41, 5.74) is 3.79. The first kappa shape index (κ1) is 13.8. The van der Waals surface area contributed by atoms with Gasteiger partial charge in [0.05, 0.1) is 17.6 Å². The van der Waals surface area contributed by atoms with Crippen molar-refractivity contribution < 1.29 is 4.39 Å². The van der Waals surface area contributed by atoms with Crippen molar-refractivity contribution in [1.82, 2.24) is 10.2 Å². The first-order chi connectivity index (χ1) is 10.2. The third-order valence-electron chi connectivity index (χ3n) is 3.18. The molecule has 0 amide bonds. The average molecular weight is 346 g/mol. The molecule has 0 radical (unpaired) electrons. The summed E-state index contributed by atoms with van der Waals surface area (Å²) in [7, 11) is 0. The molecule has 1 aromatic heterocycles. The Kier molecular flexibility index (Phi) is 4.01. The molecule has 0 aliphatic rings. The number of hydrogen-bond donors (Lipinski definition) is 2. The Labute approximate surface area is 130 Å². The molecule has 1 heterocycles. The molecule has 0 fully saturated rings. The summed E-state index contributed by atoms with van der Waals surface area (Å²) in [6.07, 6.45) is 1.78. The molecular weight excluding hydrogens is 333 g/mol. The van der Waals surface area contributed by atoms with Gasteiger partial charge in [-0.2, -0.15) is 5.10 Å². The van der Waals surface area contributed by atoms with E-state index in [1.165, 1.54) is 12.1 Å². The predicted octanol–water partition coefficient (Wildman–Crippen LogP) is 4.59. The lowest BCUT2D eigenvalue weighted by Gasteiger charge is -2.09. The van der Waals surface area contributed by atoms with Crippen molar-refractivity contribution in [2.24, 2.45) is 0 Å². The largest absolute Gasteiger partial charge is 0.380 e. The van der Waals surface area contributed by atoms with Crippen molar-refractivity contribution in [3.63, 3.8) is 0 Å². The van der Waals surface area contributed by atoms with Crippen LogP contribution in [-0.4, -0.2) is 10.2 Å². The molecule has 0 bridgehead atoms. The number of halogens is 2. The van der Waals surface area contributed by atoms with E-state index in [4.69, 9.17) is 0 Å². The van der Waals surface area contributed by atoms with Crippen LogP contribution < -0.4 is 5.32 Å². The second kappa shape index (κ2) is 6.10. The Hall–Kier alpha value is -2.14. The van der Waals surface area contributed by atoms with Gasteiger partial charge in [-0.3, -0.25) is 5.10 Å². The van der Waals surface area contributed by atoms with Crippen molar-refractivity contribution in [2.75, 3.05) is 5.32 Å². The number of anilines is 1. The van der Waals surface area contributed by atoms with E-state index in [1.807, 2.05) is 30.3 Å². The smallest absolute Gasteiger partial charge is 0.125 e. The number of rotatable bonds is 4. The Morgan fingerprint density at radius 1 is 1.14 bits per heavy atom. The van der Waals surface area contributed by atoms with E-state index in [1.54, 1.807) is 12.3 Å². The number of aromatic nitrogens is 2. The van der Waals surface area contributed by atoms with E-state index in [-0.39, 0.29) is 5.82 Å². The second-order valence-corrected chi connectivity index (χ2v) is 5.47. The van der Waals surface area contributed by atoms with Gasteiger partial charge in [0, 0.05) is 16.6 Å². The Balaban J connectivity index is 1.81. The SMILES string of the molecule is Fc1ccc(Br)c(NCc2cn[nH]c2-c2ccccc2)c1. The monoisotopic (exact) mass is 345 g/mol. The molecule has 3 rings (SSSR count). The Bertz CT molecular complexity index is 740. The minimum absolute atomic E-state index is 0.267. The zero-order chi connectivity index (χ0) is 14.7. The molecule has 0 saturated carbocycles. The molecule has 0 aliphatic heterocycles. The quantitative estimate of drug-likeness (QED) is 0.725. The highest BCUT2D eigenvalue weighted by molar-refractivity contribution is 9.10. The van der Waals surface area contributed by atoms with Crippen molar-refractivity contribution in [3.05, 3.63) is 70.6 Å². The number of benzene rings is 2. The highest BCUT2D eigenvalue weighted by Crippen LogP contribution is 2.25. The number of nitrogens with zero attached hydrogens (tertiary/aromatic N) is 1. The van der Waals surface area contributed by atoms with E-state index in [0.717, 1.165) is 27.0 Å². The number of nitrogens with one attached hydrogen (secondary N) is 2. The van der Waals surface area contributed by atoms with Crippen molar-refractivity contribution in [1.29, 1.82) is 0 Å². The van der Waals surface area contributed by atoms with Crippen LogP contribution in [0.15, 0.2) is 59.2 Å². The highest BCUT2D eigenvalue weighted by atomic mass is 79.9. The van der Waals surface area contributed by atoms with Gasteiger partial charge in [-0.15, -0.1) is 0 Å². The fraction of sp³-hybridized carbons (Fsp3) is 0.0625. The van der Waals surface area contributed by atoms with Gasteiger partial charge in [-0.25, -0.2) is 4.39 Å². The molecule has 0 saturated heterocycles. The van der Waals surface area contributed by atoms with Crippen LogP contribution in [0.4, 0.5) is 10.1 Å². The van der Waals surface area contributed by atoms with Crippen LogP contribution in [-0.2, 0) is 6.54 Å². The minimum Gasteiger partial charge on any atom is -0.380 e. The summed E-state index contributed by atoms with van der Waals surface area (Å²) in [4.78, 5) is 0. The average Bonchev–Trinajstić information content (AvgIpc) is 2.97. The lowest BCUT2D eigenvalue weighted by molar-refractivity contribution is 0.628. The van der Waals surface area contributed by atoms with Gasteiger partial charge in [0.1, 0.15) is 5.82 Å². The molecule has 106 valence electrons. The van der Waals surface area contributed by atoms with Crippen LogP contribution in [0, 0.1) is 5.82 Å². The molecule has 0 atom stereocenters. The number of hydrogen-bond acceptors (Lipinski definition) is 2. The van der Waals surface area contributed by atoms with Crippen LogP contribution in [0.25, 0.3) is 11.3 Å². The zero-order valence-corrected chi connectivity index (χ0v) is 12.7. The standard InChI is InChI=1S/C16H13BrFN3/c17-14-7-6-13(18)8-15(14)19-9-12-10-20-21-16(12)11-4-2-1-3-5-11/h1-8,10,19H,9H2,(H,20,21). The Morgan fingerprint density at radius 2 is 1.95 bits per heavy atom. The number of H-pyrrole nitrogens is 1. The second-order valence-electron chi connectivity index (χ2n) is 4.61. The zero-order valence-electron chi connectivity index (χ0n) is 11.1. The third-order valence-corrected chi connectivity index (χ3v) is 3.87. The van der Waals surface area contributed by atoms with Crippen molar-refractivity contribution in [2.45, 2.75) is 6.54 Å². The van der Waals surface area contributed by atoms with Crippen LogP contribution in [0.5, 0.6) is 0 Å². The van der Waals surface area contributed by atoms with Gasteiger partial charge in [0.15, 0.2) is 0 Å². The normalized spacial score (nSPS) is 10.6. The molecule has 0 unspecified atom stereocenters. The van der Waals surface area contributed by atoms with Gasteiger partial charge < -0.3 is 5.32 Å². The van der Waals surface area contributed by atoms with E-state index in [2.05, 4.69) is 31.4 Å². The molecule has 3 nitrogen and oxygen atoms in total. The fourth-order valence-electron chi connectivity index (χ4n) is 2.12. The third kappa shape index (κ3) is 3.13. The minimum atomic E-state index is -0.267. The van der Waals surface area contributed by atoms with E-state index in [0.29, 0.717) is 6.54 Å². The summed E-state index contributed by atoms with van der Waals surface area (Å²) >= 11 is 3.41. The van der Waals surface area contributed by atoms with Gasteiger partial charge in [-0.05, 0) is 39.7 Å². The first-order valence-electron chi connectivity index (χ1n) is 6.50. The molecule has 2 aromatic carbocycles. The summed E-state index contributed by atoms with van der Waals surface area (Å²) in [6.45, 7) is 0.558. The maximum Gasteiger partial charge on any atom is 0.125 e. The van der Waals surface area contributed by atoms with E-state index < -0.39 is 0 Å².